The number of hydrogen-bond donors (Lipinski definition) is 0. The van der Waals surface area contributed by atoms with Crippen LogP contribution in [0, 0.1) is 0 Å². The number of rotatable bonds is 1. The molecule has 1 nitrogen and oxygen atoms in total. The molecule has 0 atom stereocenters. The molecule has 0 saturated carbocycles. The number of fused-ring (bicyclic) bond motifs is 1. The van der Waals surface area contributed by atoms with E-state index in [1.807, 2.05) is 0 Å². The number of Topliss-reactive ketones (excluding diaryl/α,β-unsaturated/α-hetero) is 1. The molecular weight excluding hydrogens is 172 g/mol. The van der Waals surface area contributed by atoms with E-state index in [-0.39, 0.29) is 0 Å². The zero-order valence-electron chi connectivity index (χ0n) is 8.84. The first-order chi connectivity index (χ1) is 6.66. The minimum atomic E-state index is 0.384. The third kappa shape index (κ3) is 1.72. The predicted molar refractivity (Wildman–Crippen MR) is 57.6 cm³/mol. The summed E-state index contributed by atoms with van der Waals surface area (Å²) in [5, 5.41) is 0. The maximum absolute atomic E-state index is 11.2. The van der Waals surface area contributed by atoms with Crippen LogP contribution in [-0.2, 0) is 17.6 Å². The molecule has 0 spiro atoms. The number of carbonyl (C=O) groups excluding carboxylic acids is 1. The molecule has 0 heterocycles. The van der Waals surface area contributed by atoms with E-state index in [9.17, 15) is 4.79 Å². The summed E-state index contributed by atoms with van der Waals surface area (Å²) in [5.74, 6) is 0.965. The third-order valence-electron chi connectivity index (χ3n) is 2.96. The number of ketones is 1. The molecule has 1 aromatic carbocycles. The fraction of sp³-hybridized carbons (Fsp3) is 0.462. The Bertz CT molecular complexity index is 363. The molecule has 1 aromatic rings. The van der Waals surface area contributed by atoms with Gasteiger partial charge in [0.1, 0.15) is 5.78 Å². The Morgan fingerprint density at radius 2 is 1.93 bits per heavy atom. The van der Waals surface area contributed by atoms with Crippen molar-refractivity contribution in [2.75, 3.05) is 0 Å². The predicted octanol–water partition coefficient (Wildman–Crippen LogP) is 2.87. The zero-order valence-corrected chi connectivity index (χ0v) is 8.84. The highest BCUT2D eigenvalue weighted by atomic mass is 16.1. The van der Waals surface area contributed by atoms with Crippen molar-refractivity contribution in [3.63, 3.8) is 0 Å². The minimum absolute atomic E-state index is 0.384. The largest absolute Gasteiger partial charge is 0.299 e. The summed E-state index contributed by atoms with van der Waals surface area (Å²) in [5.41, 5.74) is 4.01. The van der Waals surface area contributed by atoms with Crippen LogP contribution < -0.4 is 0 Å². The second-order valence-electron chi connectivity index (χ2n) is 4.40. The molecule has 0 amide bonds. The Hall–Kier alpha value is -1.11. The second kappa shape index (κ2) is 3.56. The van der Waals surface area contributed by atoms with E-state index in [1.54, 1.807) is 0 Å². The van der Waals surface area contributed by atoms with Crippen LogP contribution in [0.5, 0.6) is 0 Å². The monoisotopic (exact) mass is 188 g/mol. The maximum Gasteiger partial charge on any atom is 0.137 e. The molecule has 1 aliphatic rings. The lowest BCUT2D eigenvalue weighted by molar-refractivity contribution is -0.118. The van der Waals surface area contributed by atoms with Crippen LogP contribution >= 0.6 is 0 Å². The molecule has 0 aromatic heterocycles. The lowest BCUT2D eigenvalue weighted by atomic mass is 9.88. The number of hydrogen-bond acceptors (Lipinski definition) is 1. The highest BCUT2D eigenvalue weighted by Gasteiger charge is 2.15. The standard InChI is InChI=1S/C13H16O/c1-9(2)10-3-4-12-8-13(14)6-5-11(12)7-10/h3-4,7,9H,5-6,8H2,1-2H3. The van der Waals surface area contributed by atoms with Gasteiger partial charge in [-0.2, -0.15) is 0 Å². The summed E-state index contributed by atoms with van der Waals surface area (Å²) in [6, 6.07) is 6.55. The van der Waals surface area contributed by atoms with Gasteiger partial charge in [-0.15, -0.1) is 0 Å². The van der Waals surface area contributed by atoms with Crippen molar-refractivity contribution in [3.8, 4) is 0 Å². The van der Waals surface area contributed by atoms with E-state index in [1.165, 1.54) is 16.7 Å². The Balaban J connectivity index is 2.36. The lowest BCUT2D eigenvalue weighted by Gasteiger charge is -2.17. The van der Waals surface area contributed by atoms with Gasteiger partial charge in [-0.05, 0) is 29.0 Å². The van der Waals surface area contributed by atoms with Gasteiger partial charge >= 0.3 is 0 Å². The van der Waals surface area contributed by atoms with Crippen molar-refractivity contribution in [1.82, 2.24) is 0 Å². The molecule has 14 heavy (non-hydrogen) atoms. The van der Waals surface area contributed by atoms with Gasteiger partial charge in [-0.1, -0.05) is 32.0 Å². The van der Waals surface area contributed by atoms with E-state index in [2.05, 4.69) is 32.0 Å². The van der Waals surface area contributed by atoms with Gasteiger partial charge in [0, 0.05) is 12.8 Å². The maximum atomic E-state index is 11.2. The normalized spacial score (nSPS) is 15.8. The van der Waals surface area contributed by atoms with E-state index < -0.39 is 0 Å². The fourth-order valence-electron chi connectivity index (χ4n) is 1.99. The molecule has 1 aliphatic carbocycles. The van der Waals surface area contributed by atoms with E-state index in [0.717, 1.165) is 12.8 Å². The fourth-order valence-corrected chi connectivity index (χ4v) is 1.99. The van der Waals surface area contributed by atoms with E-state index in [0.29, 0.717) is 18.1 Å². The van der Waals surface area contributed by atoms with Gasteiger partial charge < -0.3 is 0 Å². The summed E-state index contributed by atoms with van der Waals surface area (Å²) >= 11 is 0. The van der Waals surface area contributed by atoms with Crippen LogP contribution in [0.4, 0.5) is 0 Å². The average Bonchev–Trinajstić information content (AvgIpc) is 2.16. The van der Waals surface area contributed by atoms with Crippen LogP contribution in [0.1, 0.15) is 42.9 Å². The lowest BCUT2D eigenvalue weighted by Crippen LogP contribution is -2.13. The first-order valence-corrected chi connectivity index (χ1v) is 5.30. The molecule has 1 heteroatoms. The van der Waals surface area contributed by atoms with Crippen LogP contribution in [0.3, 0.4) is 0 Å². The van der Waals surface area contributed by atoms with Crippen molar-refractivity contribution in [1.29, 1.82) is 0 Å². The summed E-state index contributed by atoms with van der Waals surface area (Å²) in [4.78, 5) is 11.2. The van der Waals surface area contributed by atoms with Crippen LogP contribution in [0.25, 0.3) is 0 Å². The zero-order chi connectivity index (χ0) is 10.1. The van der Waals surface area contributed by atoms with Gasteiger partial charge in [0.25, 0.3) is 0 Å². The average molecular weight is 188 g/mol. The summed E-state index contributed by atoms with van der Waals surface area (Å²) in [6.07, 6.45) is 2.32. The van der Waals surface area contributed by atoms with Crippen molar-refractivity contribution in [3.05, 3.63) is 34.9 Å². The van der Waals surface area contributed by atoms with E-state index in [4.69, 9.17) is 0 Å². The highest BCUT2D eigenvalue weighted by Crippen LogP contribution is 2.23. The first kappa shape index (κ1) is 9.45. The van der Waals surface area contributed by atoms with Crippen molar-refractivity contribution in [2.45, 2.75) is 39.0 Å². The number of benzene rings is 1. The Morgan fingerprint density at radius 3 is 2.64 bits per heavy atom. The molecule has 0 saturated heterocycles. The van der Waals surface area contributed by atoms with Gasteiger partial charge in [0.05, 0.1) is 0 Å². The Labute approximate surface area is 85.1 Å². The molecule has 74 valence electrons. The van der Waals surface area contributed by atoms with Crippen LogP contribution in [0.2, 0.25) is 0 Å². The minimum Gasteiger partial charge on any atom is -0.299 e. The SMILES string of the molecule is CC(C)c1ccc2c(c1)CCC(=O)C2. The van der Waals surface area contributed by atoms with Gasteiger partial charge in [0.15, 0.2) is 0 Å². The quantitative estimate of drug-likeness (QED) is 0.662. The third-order valence-corrected chi connectivity index (χ3v) is 2.96. The van der Waals surface area contributed by atoms with E-state index >= 15 is 0 Å². The summed E-state index contributed by atoms with van der Waals surface area (Å²) < 4.78 is 0. The topological polar surface area (TPSA) is 17.1 Å². The Morgan fingerprint density at radius 1 is 1.14 bits per heavy atom. The van der Waals surface area contributed by atoms with Gasteiger partial charge in [-0.25, -0.2) is 0 Å². The van der Waals surface area contributed by atoms with Gasteiger partial charge in [0.2, 0.25) is 0 Å². The summed E-state index contributed by atoms with van der Waals surface area (Å²) in [7, 11) is 0. The molecule has 0 unspecified atom stereocenters. The molecule has 0 radical (unpaired) electrons. The Kier molecular flexibility index (Phi) is 2.40. The van der Waals surface area contributed by atoms with Gasteiger partial charge in [-0.3, -0.25) is 4.79 Å². The first-order valence-electron chi connectivity index (χ1n) is 5.30. The van der Waals surface area contributed by atoms with Crippen molar-refractivity contribution in [2.24, 2.45) is 0 Å². The van der Waals surface area contributed by atoms with Crippen LogP contribution in [-0.4, -0.2) is 5.78 Å². The smallest absolute Gasteiger partial charge is 0.137 e. The highest BCUT2D eigenvalue weighted by molar-refractivity contribution is 5.83. The van der Waals surface area contributed by atoms with Crippen molar-refractivity contribution < 1.29 is 4.79 Å². The molecule has 0 fully saturated rings. The summed E-state index contributed by atoms with van der Waals surface area (Å²) in [6.45, 7) is 4.41. The number of aryl methyl sites for hydroxylation is 1. The van der Waals surface area contributed by atoms with Crippen molar-refractivity contribution >= 4 is 5.78 Å². The molecule has 0 bridgehead atoms. The van der Waals surface area contributed by atoms with Crippen LogP contribution in [0.15, 0.2) is 18.2 Å². The molecular formula is C13H16O. The molecule has 2 rings (SSSR count). The molecule has 0 N–H and O–H groups in total. The second-order valence-corrected chi connectivity index (χ2v) is 4.40. The molecule has 0 aliphatic heterocycles. The number of carbonyl (C=O) groups is 1.